The number of fused-ring (bicyclic) bond motifs is 2. The first-order chi connectivity index (χ1) is 14.4. The van der Waals surface area contributed by atoms with Gasteiger partial charge in [-0.2, -0.15) is 0 Å². The second kappa shape index (κ2) is 7.94. The van der Waals surface area contributed by atoms with E-state index in [-0.39, 0.29) is 18.4 Å². The van der Waals surface area contributed by atoms with Gasteiger partial charge in [-0.1, -0.05) is 29.8 Å². The molecule has 4 rings (SSSR count). The number of allylic oxidation sites excluding steroid dienone is 1. The number of aliphatic carboxylic acids is 1. The third-order valence-corrected chi connectivity index (χ3v) is 5.08. The van der Waals surface area contributed by atoms with Crippen molar-refractivity contribution in [2.24, 2.45) is 0 Å². The number of amides is 1. The van der Waals surface area contributed by atoms with E-state index in [2.05, 4.69) is 17.5 Å². The lowest BCUT2D eigenvalue weighted by Gasteiger charge is -2.08. The molecule has 1 aliphatic rings. The quantitative estimate of drug-likeness (QED) is 0.679. The molecule has 0 saturated carbocycles. The van der Waals surface area contributed by atoms with E-state index in [1.54, 1.807) is 22.8 Å². The Kier molecular flexibility index (Phi) is 5.18. The van der Waals surface area contributed by atoms with Crippen LogP contribution in [0.4, 0.5) is 5.69 Å². The lowest BCUT2D eigenvalue weighted by molar-refractivity contribution is -0.138. The molecule has 0 unspecified atom stereocenters. The maximum absolute atomic E-state index is 12.9. The Morgan fingerprint density at radius 2 is 2.03 bits per heavy atom. The van der Waals surface area contributed by atoms with E-state index in [0.717, 1.165) is 23.1 Å². The highest BCUT2D eigenvalue weighted by Gasteiger charge is 2.21. The van der Waals surface area contributed by atoms with Crippen LogP contribution in [0.15, 0.2) is 47.3 Å². The van der Waals surface area contributed by atoms with Crippen LogP contribution in [0.5, 0.6) is 0 Å². The Morgan fingerprint density at radius 1 is 1.20 bits per heavy atom. The highest BCUT2D eigenvalue weighted by atomic mass is 16.4. The molecule has 3 aromatic rings. The SMILES string of the molecule is Cc1cccc(C=C2CCn3c2nc2cc(NC(=O)CCC(=O)O)ccc2c3=O)c1. The van der Waals surface area contributed by atoms with Crippen molar-refractivity contribution in [3.63, 3.8) is 0 Å². The average Bonchev–Trinajstić information content (AvgIpc) is 3.09. The normalized spacial score (nSPS) is 14.1. The molecule has 1 aromatic heterocycles. The summed E-state index contributed by atoms with van der Waals surface area (Å²) >= 11 is 0. The van der Waals surface area contributed by atoms with Crippen molar-refractivity contribution in [2.45, 2.75) is 32.7 Å². The fraction of sp³-hybridized carbons (Fsp3) is 0.217. The number of anilines is 1. The van der Waals surface area contributed by atoms with Crippen molar-refractivity contribution in [3.8, 4) is 0 Å². The van der Waals surface area contributed by atoms with Crippen LogP contribution in [0.3, 0.4) is 0 Å². The van der Waals surface area contributed by atoms with E-state index in [9.17, 15) is 14.4 Å². The van der Waals surface area contributed by atoms with Crippen LogP contribution in [-0.4, -0.2) is 26.5 Å². The van der Waals surface area contributed by atoms with Crippen LogP contribution in [0.25, 0.3) is 22.6 Å². The second-order valence-corrected chi connectivity index (χ2v) is 7.40. The second-order valence-electron chi connectivity index (χ2n) is 7.40. The first-order valence-corrected chi connectivity index (χ1v) is 9.74. The molecule has 2 N–H and O–H groups in total. The van der Waals surface area contributed by atoms with Crippen LogP contribution in [0.1, 0.15) is 36.2 Å². The van der Waals surface area contributed by atoms with E-state index in [1.165, 1.54) is 0 Å². The number of hydrogen-bond acceptors (Lipinski definition) is 4. The van der Waals surface area contributed by atoms with Crippen molar-refractivity contribution >= 4 is 40.1 Å². The van der Waals surface area contributed by atoms with Crippen LogP contribution in [-0.2, 0) is 16.1 Å². The molecule has 152 valence electrons. The first-order valence-electron chi connectivity index (χ1n) is 9.74. The first kappa shape index (κ1) is 19.6. The number of carbonyl (C=O) groups excluding carboxylic acids is 1. The van der Waals surface area contributed by atoms with Gasteiger partial charge in [-0.25, -0.2) is 4.98 Å². The Bertz CT molecular complexity index is 1260. The van der Waals surface area contributed by atoms with Crippen molar-refractivity contribution in [1.29, 1.82) is 0 Å². The number of nitrogens with one attached hydrogen (secondary N) is 1. The van der Waals surface area contributed by atoms with Gasteiger partial charge < -0.3 is 10.4 Å². The van der Waals surface area contributed by atoms with Gasteiger partial charge >= 0.3 is 5.97 Å². The maximum Gasteiger partial charge on any atom is 0.303 e. The number of carboxylic acids is 1. The van der Waals surface area contributed by atoms with Gasteiger partial charge in [0, 0.05) is 18.7 Å². The molecule has 2 heterocycles. The highest BCUT2D eigenvalue weighted by Crippen LogP contribution is 2.28. The minimum Gasteiger partial charge on any atom is -0.481 e. The molecule has 0 fully saturated rings. The van der Waals surface area contributed by atoms with Crippen LogP contribution in [0, 0.1) is 6.92 Å². The number of nitrogens with zero attached hydrogens (tertiary/aromatic N) is 2. The van der Waals surface area contributed by atoms with Gasteiger partial charge in [-0.15, -0.1) is 0 Å². The van der Waals surface area contributed by atoms with Crippen molar-refractivity contribution < 1.29 is 14.7 Å². The number of carboxylic acid groups (broad SMARTS) is 1. The van der Waals surface area contributed by atoms with E-state index in [0.29, 0.717) is 29.0 Å². The molecule has 0 radical (unpaired) electrons. The number of benzene rings is 2. The molecular weight excluding hydrogens is 382 g/mol. The van der Waals surface area contributed by atoms with Crippen LogP contribution >= 0.6 is 0 Å². The predicted molar refractivity (Wildman–Crippen MR) is 115 cm³/mol. The van der Waals surface area contributed by atoms with Gasteiger partial charge in [0.1, 0.15) is 5.82 Å². The molecule has 0 saturated heterocycles. The molecule has 7 heteroatoms. The van der Waals surface area contributed by atoms with E-state index in [1.807, 2.05) is 25.1 Å². The summed E-state index contributed by atoms with van der Waals surface area (Å²) in [5.74, 6) is -0.778. The summed E-state index contributed by atoms with van der Waals surface area (Å²) < 4.78 is 1.69. The minimum absolute atomic E-state index is 0.105. The molecule has 0 atom stereocenters. The summed E-state index contributed by atoms with van der Waals surface area (Å²) in [6, 6.07) is 13.1. The zero-order valence-electron chi connectivity index (χ0n) is 16.5. The van der Waals surface area contributed by atoms with Crippen LogP contribution in [0.2, 0.25) is 0 Å². The number of carbonyl (C=O) groups is 2. The summed E-state index contributed by atoms with van der Waals surface area (Å²) in [5, 5.41) is 11.9. The third kappa shape index (κ3) is 4.00. The Morgan fingerprint density at radius 3 is 2.80 bits per heavy atom. The van der Waals surface area contributed by atoms with E-state index < -0.39 is 11.9 Å². The molecule has 0 spiro atoms. The number of aryl methyl sites for hydroxylation is 1. The number of rotatable bonds is 5. The largest absolute Gasteiger partial charge is 0.481 e. The number of hydrogen-bond donors (Lipinski definition) is 2. The zero-order valence-corrected chi connectivity index (χ0v) is 16.5. The third-order valence-electron chi connectivity index (χ3n) is 5.08. The summed E-state index contributed by atoms with van der Waals surface area (Å²) in [5.41, 5.74) is 4.10. The van der Waals surface area contributed by atoms with Crippen molar-refractivity contribution in [2.75, 3.05) is 5.32 Å². The topological polar surface area (TPSA) is 101 Å². The monoisotopic (exact) mass is 403 g/mol. The van der Waals surface area contributed by atoms with Gasteiger partial charge in [0.25, 0.3) is 5.56 Å². The van der Waals surface area contributed by atoms with Gasteiger partial charge in [-0.05, 0) is 48.8 Å². The van der Waals surface area contributed by atoms with Crippen LogP contribution < -0.4 is 10.9 Å². The summed E-state index contributed by atoms with van der Waals surface area (Å²) in [6.45, 7) is 2.62. The fourth-order valence-electron chi connectivity index (χ4n) is 3.64. The molecule has 1 amide bonds. The van der Waals surface area contributed by atoms with E-state index >= 15 is 0 Å². The predicted octanol–water partition coefficient (Wildman–Crippen LogP) is 3.45. The Hall–Kier alpha value is -3.74. The van der Waals surface area contributed by atoms with Gasteiger partial charge in [-0.3, -0.25) is 19.0 Å². The number of aromatic nitrogens is 2. The molecule has 2 aromatic carbocycles. The lowest BCUT2D eigenvalue weighted by atomic mass is 10.1. The van der Waals surface area contributed by atoms with Gasteiger partial charge in [0.05, 0.1) is 17.3 Å². The Labute approximate surface area is 172 Å². The molecule has 0 bridgehead atoms. The highest BCUT2D eigenvalue weighted by molar-refractivity contribution is 5.95. The summed E-state index contributed by atoms with van der Waals surface area (Å²) in [4.78, 5) is 40.2. The maximum atomic E-state index is 12.9. The zero-order chi connectivity index (χ0) is 21.3. The fourth-order valence-corrected chi connectivity index (χ4v) is 3.64. The molecule has 7 nitrogen and oxygen atoms in total. The van der Waals surface area contributed by atoms with Gasteiger partial charge in [0.15, 0.2) is 0 Å². The summed E-state index contributed by atoms with van der Waals surface area (Å²) in [7, 11) is 0. The average molecular weight is 403 g/mol. The van der Waals surface area contributed by atoms with Crippen molar-refractivity contribution in [3.05, 3.63) is 69.8 Å². The molecule has 1 aliphatic heterocycles. The summed E-state index contributed by atoms with van der Waals surface area (Å²) in [6.07, 6.45) is 2.43. The molecule has 0 aliphatic carbocycles. The standard InChI is InChI=1S/C23H21N3O4/c1-14-3-2-4-15(11-14)12-16-9-10-26-22(16)25-19-13-17(5-6-18(19)23(26)30)24-20(27)7-8-21(28)29/h2-6,11-13H,7-10H2,1H3,(H,24,27)(H,28,29). The molecular formula is C23H21N3O4. The lowest BCUT2D eigenvalue weighted by Crippen LogP contribution is -2.21. The van der Waals surface area contributed by atoms with Crippen molar-refractivity contribution in [1.82, 2.24) is 9.55 Å². The smallest absolute Gasteiger partial charge is 0.303 e. The Balaban J connectivity index is 1.69. The molecule has 30 heavy (non-hydrogen) atoms. The van der Waals surface area contributed by atoms with Gasteiger partial charge in [0.2, 0.25) is 5.91 Å². The van der Waals surface area contributed by atoms with E-state index in [4.69, 9.17) is 10.1 Å². The minimum atomic E-state index is -1.03.